The van der Waals surface area contributed by atoms with Crippen LogP contribution in [0.1, 0.15) is 29.7 Å². The largest absolute Gasteiger partial charge is 0.340 e. The second kappa shape index (κ2) is 5.33. The number of fused-ring (bicyclic) bond motifs is 1. The molecule has 0 aliphatic heterocycles. The van der Waals surface area contributed by atoms with Gasteiger partial charge in [0, 0.05) is 10.2 Å². The third kappa shape index (κ3) is 2.81. The minimum atomic E-state index is 0.899. The number of hydrogen-bond donors (Lipinski definition) is 1. The van der Waals surface area contributed by atoms with E-state index in [4.69, 9.17) is 0 Å². The zero-order valence-electron chi connectivity index (χ0n) is 11.0. The molecule has 98 valence electrons. The molecule has 0 unspecified atom stereocenters. The lowest BCUT2D eigenvalue weighted by atomic mass is 9.91. The van der Waals surface area contributed by atoms with Gasteiger partial charge < -0.3 is 5.32 Å². The Morgan fingerprint density at radius 2 is 1.84 bits per heavy atom. The molecule has 0 bridgehead atoms. The Balaban J connectivity index is 1.84. The summed E-state index contributed by atoms with van der Waals surface area (Å²) in [6.45, 7) is 2.00. The maximum atomic E-state index is 4.52. The summed E-state index contributed by atoms with van der Waals surface area (Å²) < 4.78 is 1.04. The fourth-order valence-corrected chi connectivity index (χ4v) is 2.79. The van der Waals surface area contributed by atoms with E-state index in [2.05, 4.69) is 44.4 Å². The molecule has 1 aromatic carbocycles. The van der Waals surface area contributed by atoms with Crippen LogP contribution in [0, 0.1) is 6.92 Å². The van der Waals surface area contributed by atoms with Crippen molar-refractivity contribution < 1.29 is 0 Å². The van der Waals surface area contributed by atoms with E-state index in [-0.39, 0.29) is 0 Å². The molecule has 3 heteroatoms. The van der Waals surface area contributed by atoms with Crippen molar-refractivity contribution in [3.63, 3.8) is 0 Å². The van der Waals surface area contributed by atoms with E-state index in [1.54, 1.807) is 0 Å². The van der Waals surface area contributed by atoms with Gasteiger partial charge in [-0.05, 0) is 83.9 Å². The smallest absolute Gasteiger partial charge is 0.130 e. The van der Waals surface area contributed by atoms with Crippen LogP contribution in [0.5, 0.6) is 0 Å². The number of nitrogens with zero attached hydrogens (tertiary/aromatic N) is 1. The number of aryl methyl sites for hydroxylation is 3. The van der Waals surface area contributed by atoms with Gasteiger partial charge in [0.2, 0.25) is 0 Å². The van der Waals surface area contributed by atoms with Crippen molar-refractivity contribution in [3.8, 4) is 0 Å². The molecule has 1 aromatic heterocycles. The fourth-order valence-electron chi connectivity index (χ4n) is 2.57. The van der Waals surface area contributed by atoms with E-state index in [1.165, 1.54) is 36.8 Å². The number of nitrogens with one attached hydrogen (secondary N) is 1. The molecule has 1 aliphatic rings. The summed E-state index contributed by atoms with van der Waals surface area (Å²) in [6.07, 6.45) is 5.07. The molecule has 0 amide bonds. The van der Waals surface area contributed by atoms with Gasteiger partial charge in [-0.2, -0.15) is 0 Å². The predicted octanol–water partition coefficient (Wildman–Crippen LogP) is 4.77. The molecular formula is C16H17BrN2. The Morgan fingerprint density at radius 3 is 2.63 bits per heavy atom. The zero-order valence-corrected chi connectivity index (χ0v) is 12.6. The van der Waals surface area contributed by atoms with Gasteiger partial charge in [-0.25, -0.2) is 4.98 Å². The molecule has 0 atom stereocenters. The van der Waals surface area contributed by atoms with Crippen LogP contribution in [-0.4, -0.2) is 4.98 Å². The van der Waals surface area contributed by atoms with Crippen LogP contribution < -0.4 is 5.32 Å². The first-order valence-corrected chi connectivity index (χ1v) is 7.54. The van der Waals surface area contributed by atoms with Crippen molar-refractivity contribution in [2.45, 2.75) is 32.6 Å². The average molecular weight is 317 g/mol. The number of pyridine rings is 1. The lowest BCUT2D eigenvalue weighted by Gasteiger charge is -2.17. The zero-order chi connectivity index (χ0) is 13.2. The first kappa shape index (κ1) is 12.7. The maximum absolute atomic E-state index is 4.52. The van der Waals surface area contributed by atoms with E-state index in [1.807, 2.05) is 19.1 Å². The summed E-state index contributed by atoms with van der Waals surface area (Å²) in [5, 5.41) is 3.39. The van der Waals surface area contributed by atoms with Crippen molar-refractivity contribution in [2.24, 2.45) is 0 Å². The Kier molecular flexibility index (Phi) is 3.56. The number of hydrogen-bond acceptors (Lipinski definition) is 2. The molecule has 0 radical (unpaired) electrons. The van der Waals surface area contributed by atoms with Gasteiger partial charge in [-0.3, -0.25) is 0 Å². The summed E-state index contributed by atoms with van der Waals surface area (Å²) in [4.78, 5) is 4.52. The van der Waals surface area contributed by atoms with Gasteiger partial charge in [0.25, 0.3) is 0 Å². The van der Waals surface area contributed by atoms with Crippen LogP contribution in [-0.2, 0) is 12.8 Å². The number of anilines is 2. The molecule has 2 nitrogen and oxygen atoms in total. The average Bonchev–Trinajstić information content (AvgIpc) is 2.43. The van der Waals surface area contributed by atoms with E-state index >= 15 is 0 Å². The first-order valence-electron chi connectivity index (χ1n) is 6.74. The maximum Gasteiger partial charge on any atom is 0.130 e. The molecule has 3 rings (SSSR count). The Bertz CT molecular complexity index is 608. The molecule has 0 saturated carbocycles. The predicted molar refractivity (Wildman–Crippen MR) is 83.0 cm³/mol. The molecule has 1 N–H and O–H groups in total. The normalized spacial score (nSPS) is 14.0. The molecule has 1 heterocycles. The highest BCUT2D eigenvalue weighted by Gasteiger charge is 2.09. The van der Waals surface area contributed by atoms with Crippen LogP contribution >= 0.6 is 15.9 Å². The third-order valence-corrected chi connectivity index (χ3v) is 4.48. The van der Waals surface area contributed by atoms with E-state index < -0.39 is 0 Å². The summed E-state index contributed by atoms with van der Waals surface area (Å²) in [5.41, 5.74) is 5.14. The standard InChI is InChI=1S/C16H17BrN2/c1-11-15(17)8-9-16(18-11)19-14-7-6-12-4-2-3-5-13(12)10-14/h6-10H,2-5H2,1H3,(H,18,19). The second-order valence-electron chi connectivity index (χ2n) is 5.08. The molecule has 2 aromatic rings. The summed E-state index contributed by atoms with van der Waals surface area (Å²) in [5.74, 6) is 0.899. The SMILES string of the molecule is Cc1nc(Nc2ccc3c(c2)CCCC3)ccc1Br. The molecule has 0 spiro atoms. The first-order chi connectivity index (χ1) is 9.22. The highest BCUT2D eigenvalue weighted by Crippen LogP contribution is 2.26. The molecule has 0 fully saturated rings. The van der Waals surface area contributed by atoms with Crippen molar-refractivity contribution in [1.82, 2.24) is 4.98 Å². The lowest BCUT2D eigenvalue weighted by molar-refractivity contribution is 0.686. The summed E-state index contributed by atoms with van der Waals surface area (Å²) in [6, 6.07) is 10.7. The topological polar surface area (TPSA) is 24.9 Å². The van der Waals surface area contributed by atoms with Gasteiger partial charge in [-0.1, -0.05) is 6.07 Å². The minimum Gasteiger partial charge on any atom is -0.340 e. The quantitative estimate of drug-likeness (QED) is 0.862. The molecule has 19 heavy (non-hydrogen) atoms. The fraction of sp³-hybridized carbons (Fsp3) is 0.312. The highest BCUT2D eigenvalue weighted by molar-refractivity contribution is 9.10. The van der Waals surface area contributed by atoms with Crippen LogP contribution in [0.15, 0.2) is 34.8 Å². The van der Waals surface area contributed by atoms with Gasteiger partial charge in [0.1, 0.15) is 5.82 Å². The van der Waals surface area contributed by atoms with Crippen LogP contribution in [0.4, 0.5) is 11.5 Å². The third-order valence-electron chi connectivity index (χ3n) is 3.64. The Morgan fingerprint density at radius 1 is 1.05 bits per heavy atom. The van der Waals surface area contributed by atoms with E-state index in [0.717, 1.165) is 21.7 Å². The summed E-state index contributed by atoms with van der Waals surface area (Å²) >= 11 is 3.47. The number of halogens is 1. The molecule has 0 saturated heterocycles. The highest BCUT2D eigenvalue weighted by atomic mass is 79.9. The summed E-state index contributed by atoms with van der Waals surface area (Å²) in [7, 11) is 0. The van der Waals surface area contributed by atoms with Crippen LogP contribution in [0.25, 0.3) is 0 Å². The second-order valence-corrected chi connectivity index (χ2v) is 5.93. The minimum absolute atomic E-state index is 0.899. The molecule has 1 aliphatic carbocycles. The number of benzene rings is 1. The van der Waals surface area contributed by atoms with Crippen molar-refractivity contribution in [3.05, 3.63) is 51.6 Å². The van der Waals surface area contributed by atoms with Crippen molar-refractivity contribution >= 4 is 27.4 Å². The van der Waals surface area contributed by atoms with Crippen molar-refractivity contribution in [1.29, 1.82) is 0 Å². The molecular weight excluding hydrogens is 300 g/mol. The van der Waals surface area contributed by atoms with E-state index in [9.17, 15) is 0 Å². The monoisotopic (exact) mass is 316 g/mol. The van der Waals surface area contributed by atoms with Crippen LogP contribution in [0.3, 0.4) is 0 Å². The van der Waals surface area contributed by atoms with Crippen molar-refractivity contribution in [2.75, 3.05) is 5.32 Å². The van der Waals surface area contributed by atoms with Gasteiger partial charge in [0.05, 0.1) is 5.69 Å². The Labute approximate surface area is 122 Å². The van der Waals surface area contributed by atoms with E-state index in [0.29, 0.717) is 0 Å². The van der Waals surface area contributed by atoms with Gasteiger partial charge in [-0.15, -0.1) is 0 Å². The van der Waals surface area contributed by atoms with Gasteiger partial charge >= 0.3 is 0 Å². The Hall–Kier alpha value is -1.35. The number of rotatable bonds is 2. The van der Waals surface area contributed by atoms with Gasteiger partial charge in [0.15, 0.2) is 0 Å². The van der Waals surface area contributed by atoms with Crippen LogP contribution in [0.2, 0.25) is 0 Å². The number of aromatic nitrogens is 1. The lowest BCUT2D eigenvalue weighted by Crippen LogP contribution is -2.03.